The molecule has 1 aromatic rings. The van der Waals surface area contributed by atoms with Gasteiger partial charge in [0.25, 0.3) is 0 Å². The predicted octanol–water partition coefficient (Wildman–Crippen LogP) is 1.35. The van der Waals surface area contributed by atoms with E-state index in [1.807, 2.05) is 25.1 Å². The smallest absolute Gasteiger partial charge is 0.0860 e. The van der Waals surface area contributed by atoms with Crippen LogP contribution in [0.2, 0.25) is 18.6 Å². The van der Waals surface area contributed by atoms with E-state index in [2.05, 4.69) is 25.2 Å². The number of benzene rings is 1. The third kappa shape index (κ3) is 2.68. The molecule has 0 aliphatic carbocycles. The highest BCUT2D eigenvalue weighted by Crippen LogP contribution is 2.24. The zero-order valence-electron chi connectivity index (χ0n) is 9.64. The molecule has 0 bridgehead atoms. The molecule has 2 N–H and O–H groups in total. The standard InChI is InChI=1S/C12H20O2Si/c1-10(12(14)9-13)15(2,3)11-7-5-4-6-8-11/h4-8,10,12-14H,9H2,1-3H3. The Kier molecular flexibility index (Phi) is 4.08. The first kappa shape index (κ1) is 12.4. The van der Waals surface area contributed by atoms with Gasteiger partial charge in [-0.2, -0.15) is 0 Å². The molecule has 15 heavy (non-hydrogen) atoms. The maximum absolute atomic E-state index is 9.71. The van der Waals surface area contributed by atoms with Crippen molar-refractivity contribution < 1.29 is 10.2 Å². The van der Waals surface area contributed by atoms with Crippen molar-refractivity contribution in [3.63, 3.8) is 0 Å². The summed E-state index contributed by atoms with van der Waals surface area (Å²) in [4.78, 5) is 0. The second-order valence-corrected chi connectivity index (χ2v) is 9.56. The van der Waals surface area contributed by atoms with Crippen LogP contribution in [0.15, 0.2) is 30.3 Å². The van der Waals surface area contributed by atoms with E-state index < -0.39 is 14.2 Å². The van der Waals surface area contributed by atoms with E-state index in [1.165, 1.54) is 5.19 Å². The van der Waals surface area contributed by atoms with E-state index in [9.17, 15) is 5.11 Å². The van der Waals surface area contributed by atoms with E-state index in [0.717, 1.165) is 0 Å². The van der Waals surface area contributed by atoms with Gasteiger partial charge in [-0.3, -0.25) is 0 Å². The minimum atomic E-state index is -1.68. The molecule has 0 amide bonds. The van der Waals surface area contributed by atoms with Gasteiger partial charge in [0.1, 0.15) is 0 Å². The molecular formula is C12H20O2Si. The quantitative estimate of drug-likeness (QED) is 0.758. The summed E-state index contributed by atoms with van der Waals surface area (Å²) in [5.41, 5.74) is 0.157. The molecule has 1 rings (SSSR count). The van der Waals surface area contributed by atoms with Crippen molar-refractivity contribution in [3.05, 3.63) is 30.3 Å². The zero-order chi connectivity index (χ0) is 11.5. The number of hydrogen-bond acceptors (Lipinski definition) is 2. The third-order valence-electron chi connectivity index (χ3n) is 3.42. The van der Waals surface area contributed by atoms with E-state index >= 15 is 0 Å². The number of hydrogen-bond donors (Lipinski definition) is 2. The van der Waals surface area contributed by atoms with Crippen molar-refractivity contribution in [2.24, 2.45) is 0 Å². The summed E-state index contributed by atoms with van der Waals surface area (Å²) < 4.78 is 0. The molecule has 1 aromatic carbocycles. The summed E-state index contributed by atoms with van der Waals surface area (Å²) in [6, 6.07) is 10.3. The molecule has 0 aliphatic heterocycles. The zero-order valence-corrected chi connectivity index (χ0v) is 10.6. The molecule has 0 heterocycles. The molecule has 0 saturated carbocycles. The fourth-order valence-corrected chi connectivity index (χ4v) is 4.41. The first-order chi connectivity index (χ1) is 7.00. The van der Waals surface area contributed by atoms with Crippen LogP contribution in [0.5, 0.6) is 0 Å². The highest BCUT2D eigenvalue weighted by molar-refractivity contribution is 6.91. The number of rotatable bonds is 4. The Hall–Kier alpha value is -0.643. The van der Waals surface area contributed by atoms with E-state index in [1.54, 1.807) is 0 Å². The average molecular weight is 224 g/mol. The lowest BCUT2D eigenvalue weighted by Crippen LogP contribution is -2.49. The maximum atomic E-state index is 9.71. The summed E-state index contributed by atoms with van der Waals surface area (Å²) in [6.07, 6.45) is -0.605. The summed E-state index contributed by atoms with van der Waals surface area (Å²) in [5, 5.41) is 20.0. The Bertz CT molecular complexity index is 298. The molecule has 84 valence electrons. The SMILES string of the molecule is CC(C(O)CO)[Si](C)(C)c1ccccc1. The van der Waals surface area contributed by atoms with Crippen LogP contribution in [-0.2, 0) is 0 Å². The van der Waals surface area contributed by atoms with Crippen LogP contribution < -0.4 is 5.19 Å². The topological polar surface area (TPSA) is 40.5 Å². The van der Waals surface area contributed by atoms with Gasteiger partial charge in [-0.1, -0.05) is 55.5 Å². The lowest BCUT2D eigenvalue weighted by Gasteiger charge is -2.33. The molecule has 0 aliphatic rings. The highest BCUT2D eigenvalue weighted by atomic mass is 28.3. The number of aliphatic hydroxyl groups is 2. The van der Waals surface area contributed by atoms with Gasteiger partial charge in [0.05, 0.1) is 20.8 Å². The normalized spacial score (nSPS) is 16.1. The van der Waals surface area contributed by atoms with Gasteiger partial charge in [0.15, 0.2) is 0 Å². The first-order valence-corrected chi connectivity index (χ1v) is 8.42. The summed E-state index contributed by atoms with van der Waals surface area (Å²) in [6.45, 7) is 6.34. The van der Waals surface area contributed by atoms with Crippen molar-refractivity contribution in [3.8, 4) is 0 Å². The molecule has 0 aromatic heterocycles. The van der Waals surface area contributed by atoms with Gasteiger partial charge in [0.2, 0.25) is 0 Å². The predicted molar refractivity (Wildman–Crippen MR) is 66.1 cm³/mol. The van der Waals surface area contributed by atoms with Crippen LogP contribution >= 0.6 is 0 Å². The van der Waals surface area contributed by atoms with Crippen LogP contribution in [0, 0.1) is 0 Å². The molecular weight excluding hydrogens is 204 g/mol. The molecule has 2 nitrogen and oxygen atoms in total. The van der Waals surface area contributed by atoms with Crippen LogP contribution in [0.1, 0.15) is 6.92 Å². The Morgan fingerprint density at radius 3 is 2.20 bits per heavy atom. The van der Waals surface area contributed by atoms with Gasteiger partial charge < -0.3 is 10.2 Å². The van der Waals surface area contributed by atoms with E-state index in [-0.39, 0.29) is 12.1 Å². The maximum Gasteiger partial charge on any atom is 0.0860 e. The van der Waals surface area contributed by atoms with Crippen LogP contribution in [0.4, 0.5) is 0 Å². The van der Waals surface area contributed by atoms with Crippen molar-refractivity contribution in [1.29, 1.82) is 0 Å². The van der Waals surface area contributed by atoms with Crippen molar-refractivity contribution in [1.82, 2.24) is 0 Å². The molecule has 0 radical (unpaired) electrons. The Labute approximate surface area is 92.6 Å². The fourth-order valence-electron chi connectivity index (χ4n) is 1.77. The van der Waals surface area contributed by atoms with Gasteiger partial charge >= 0.3 is 0 Å². The van der Waals surface area contributed by atoms with E-state index in [0.29, 0.717) is 0 Å². The van der Waals surface area contributed by atoms with E-state index in [4.69, 9.17) is 5.11 Å². The van der Waals surface area contributed by atoms with Gasteiger partial charge in [-0.15, -0.1) is 0 Å². The fraction of sp³-hybridized carbons (Fsp3) is 0.500. The lowest BCUT2D eigenvalue weighted by molar-refractivity contribution is 0.0909. The molecule has 0 saturated heterocycles. The largest absolute Gasteiger partial charge is 0.394 e. The molecule has 2 unspecified atom stereocenters. The molecule has 2 atom stereocenters. The Balaban J connectivity index is 2.92. The van der Waals surface area contributed by atoms with Gasteiger partial charge in [0, 0.05) is 0 Å². The average Bonchev–Trinajstić information content (AvgIpc) is 2.28. The summed E-state index contributed by atoms with van der Waals surface area (Å²) >= 11 is 0. The van der Waals surface area contributed by atoms with Crippen molar-refractivity contribution in [2.45, 2.75) is 31.7 Å². The minimum Gasteiger partial charge on any atom is -0.394 e. The monoisotopic (exact) mass is 224 g/mol. The third-order valence-corrected chi connectivity index (χ3v) is 7.90. The summed E-state index contributed by atoms with van der Waals surface area (Å²) in [5.74, 6) is 0. The van der Waals surface area contributed by atoms with Crippen molar-refractivity contribution in [2.75, 3.05) is 6.61 Å². The first-order valence-electron chi connectivity index (χ1n) is 5.34. The summed E-state index contributed by atoms with van der Waals surface area (Å²) in [7, 11) is -1.68. The van der Waals surface area contributed by atoms with Gasteiger partial charge in [-0.25, -0.2) is 0 Å². The Morgan fingerprint density at radius 2 is 1.73 bits per heavy atom. The van der Waals surface area contributed by atoms with Crippen LogP contribution in [-0.4, -0.2) is 31.0 Å². The second kappa shape index (κ2) is 4.92. The Morgan fingerprint density at radius 1 is 1.20 bits per heavy atom. The van der Waals surface area contributed by atoms with Crippen LogP contribution in [0.25, 0.3) is 0 Å². The van der Waals surface area contributed by atoms with Gasteiger partial charge in [-0.05, 0) is 5.54 Å². The minimum absolute atomic E-state index is 0.148. The number of aliphatic hydroxyl groups excluding tert-OH is 2. The highest BCUT2D eigenvalue weighted by Gasteiger charge is 2.34. The molecule has 0 fully saturated rings. The lowest BCUT2D eigenvalue weighted by atomic mass is 10.3. The van der Waals surface area contributed by atoms with Crippen LogP contribution in [0.3, 0.4) is 0 Å². The molecule has 0 spiro atoms. The second-order valence-electron chi connectivity index (χ2n) is 4.63. The van der Waals surface area contributed by atoms with Crippen molar-refractivity contribution >= 4 is 13.3 Å². The molecule has 3 heteroatoms.